The highest BCUT2D eigenvalue weighted by atomic mass is 19.1. The van der Waals surface area contributed by atoms with Crippen LogP contribution in [0.4, 0.5) is 20.7 Å². The van der Waals surface area contributed by atoms with Crippen LogP contribution in [-0.2, 0) is 6.54 Å². The normalized spacial score (nSPS) is 17.7. The van der Waals surface area contributed by atoms with Crippen LogP contribution in [0.15, 0.2) is 36.7 Å². The van der Waals surface area contributed by atoms with E-state index in [1.165, 1.54) is 17.3 Å². The van der Waals surface area contributed by atoms with Crippen molar-refractivity contribution in [3.63, 3.8) is 0 Å². The monoisotopic (exact) mass is 465 g/mol. The Bertz CT molecular complexity index is 1230. The number of carboxylic acid groups (broad SMARTS) is 1. The molecule has 1 saturated heterocycles. The summed E-state index contributed by atoms with van der Waals surface area (Å²) in [6, 6.07) is 7.04. The number of fused-ring (bicyclic) bond motifs is 1. The summed E-state index contributed by atoms with van der Waals surface area (Å²) in [6.07, 6.45) is 3.13. The molecule has 9 nitrogen and oxygen atoms in total. The summed E-state index contributed by atoms with van der Waals surface area (Å²) in [7, 11) is 2.10. The number of aromatic nitrogens is 3. The first-order valence-electron chi connectivity index (χ1n) is 11.4. The maximum Gasteiger partial charge on any atom is 0.407 e. The van der Waals surface area contributed by atoms with Gasteiger partial charge in [-0.05, 0) is 43.3 Å². The summed E-state index contributed by atoms with van der Waals surface area (Å²) < 4.78 is 14.5. The van der Waals surface area contributed by atoms with Crippen molar-refractivity contribution >= 4 is 34.2 Å². The molecule has 2 aromatic heterocycles. The van der Waals surface area contributed by atoms with Gasteiger partial charge in [-0.3, -0.25) is 4.90 Å². The van der Waals surface area contributed by atoms with Gasteiger partial charge in [0.05, 0.1) is 5.39 Å². The fourth-order valence-electron chi connectivity index (χ4n) is 4.46. The van der Waals surface area contributed by atoms with Crippen LogP contribution in [0.25, 0.3) is 16.6 Å². The van der Waals surface area contributed by atoms with Gasteiger partial charge in [0.25, 0.3) is 0 Å². The molecule has 0 unspecified atom stereocenters. The highest BCUT2D eigenvalue weighted by Gasteiger charge is 2.19. The maximum absolute atomic E-state index is 14.5. The minimum Gasteiger partial charge on any atom is -0.465 e. The summed E-state index contributed by atoms with van der Waals surface area (Å²) >= 11 is 0. The first-order valence-corrected chi connectivity index (χ1v) is 11.4. The summed E-state index contributed by atoms with van der Waals surface area (Å²) in [5.74, 6) is 0.425. The van der Waals surface area contributed by atoms with Crippen LogP contribution in [0.1, 0.15) is 17.7 Å². The lowest BCUT2D eigenvalue weighted by Gasteiger charge is -2.32. The van der Waals surface area contributed by atoms with Crippen molar-refractivity contribution in [3.8, 4) is 0 Å². The zero-order chi connectivity index (χ0) is 23.7. The number of nitrogens with one attached hydrogen (secondary N) is 2. The van der Waals surface area contributed by atoms with E-state index in [9.17, 15) is 9.18 Å². The Morgan fingerprint density at radius 2 is 2.00 bits per heavy atom. The third-order valence-corrected chi connectivity index (χ3v) is 6.55. The van der Waals surface area contributed by atoms with Gasteiger partial charge < -0.3 is 25.2 Å². The van der Waals surface area contributed by atoms with Crippen LogP contribution in [-0.4, -0.2) is 87.2 Å². The molecule has 1 fully saturated rings. The van der Waals surface area contributed by atoms with Crippen LogP contribution in [0, 0.1) is 5.82 Å². The van der Waals surface area contributed by atoms with Gasteiger partial charge in [-0.15, -0.1) is 0 Å². The summed E-state index contributed by atoms with van der Waals surface area (Å²) in [4.78, 5) is 29.2. The van der Waals surface area contributed by atoms with E-state index in [2.05, 4.69) is 37.1 Å². The van der Waals surface area contributed by atoms with Crippen molar-refractivity contribution in [3.05, 3.63) is 53.7 Å². The minimum absolute atomic E-state index is 0.208. The Labute approximate surface area is 196 Å². The van der Waals surface area contributed by atoms with Crippen molar-refractivity contribution in [1.82, 2.24) is 29.7 Å². The van der Waals surface area contributed by atoms with Crippen molar-refractivity contribution in [2.75, 3.05) is 51.6 Å². The molecule has 10 heteroatoms. The molecular weight excluding hydrogens is 437 g/mol. The predicted octanol–water partition coefficient (Wildman–Crippen LogP) is 3.36. The summed E-state index contributed by atoms with van der Waals surface area (Å²) in [5.41, 5.74) is 4.07. The summed E-state index contributed by atoms with van der Waals surface area (Å²) in [6.45, 7) is 5.21. The number of likely N-dealkylation sites (N-methyl/N-ethyl adjacent to an activating group) is 1. The molecule has 0 bridgehead atoms. The van der Waals surface area contributed by atoms with E-state index in [0.29, 0.717) is 43.1 Å². The lowest BCUT2D eigenvalue weighted by Crippen LogP contribution is -2.44. The molecule has 0 radical (unpaired) electrons. The largest absolute Gasteiger partial charge is 0.465 e. The van der Waals surface area contributed by atoms with Crippen LogP contribution in [0.5, 0.6) is 0 Å². The second kappa shape index (κ2) is 9.40. The Morgan fingerprint density at radius 3 is 2.74 bits per heavy atom. The average Bonchev–Trinajstić information content (AvgIpc) is 3.28. The van der Waals surface area contributed by atoms with Crippen molar-refractivity contribution in [1.29, 1.82) is 0 Å². The number of nitrogens with zero attached hydrogens (tertiary/aromatic N) is 5. The zero-order valence-electron chi connectivity index (χ0n) is 19.1. The lowest BCUT2D eigenvalue weighted by atomic mass is 10.1. The molecule has 3 aromatic rings. The Kier molecular flexibility index (Phi) is 6.16. The number of hydrogen-bond acceptors (Lipinski definition) is 6. The van der Waals surface area contributed by atoms with E-state index >= 15 is 0 Å². The van der Waals surface area contributed by atoms with Crippen LogP contribution >= 0.6 is 0 Å². The van der Waals surface area contributed by atoms with Gasteiger partial charge in [-0.2, -0.15) is 0 Å². The molecule has 0 spiro atoms. The number of amides is 1. The highest BCUT2D eigenvalue weighted by molar-refractivity contribution is 5.92. The molecule has 0 atom stereocenters. The topological polar surface area (TPSA) is 101 Å². The average molecular weight is 466 g/mol. The van der Waals surface area contributed by atoms with Crippen LogP contribution in [0.2, 0.25) is 0 Å². The van der Waals surface area contributed by atoms with Gasteiger partial charge in [0.1, 0.15) is 23.6 Å². The molecule has 1 aromatic carbocycles. The maximum atomic E-state index is 14.5. The molecule has 1 amide bonds. The highest BCUT2D eigenvalue weighted by Crippen LogP contribution is 2.29. The van der Waals surface area contributed by atoms with Crippen LogP contribution < -0.4 is 5.32 Å². The van der Waals surface area contributed by atoms with Gasteiger partial charge in [-0.1, -0.05) is 6.08 Å². The summed E-state index contributed by atoms with van der Waals surface area (Å²) in [5, 5.41) is 13.3. The second-order valence-corrected chi connectivity index (χ2v) is 8.89. The molecule has 4 heterocycles. The SMILES string of the molecule is CN1CCN(Cc2cc(Nc3ncnc4[nH]c(C5=CCN(C(=O)O)CC5)cc34)ccc2F)CC1. The lowest BCUT2D eigenvalue weighted by molar-refractivity contribution is 0.147. The molecule has 0 aliphatic carbocycles. The van der Waals surface area contributed by atoms with Crippen molar-refractivity contribution < 1.29 is 14.3 Å². The number of H-pyrrole nitrogens is 1. The van der Waals surface area contributed by atoms with E-state index in [1.807, 2.05) is 18.2 Å². The van der Waals surface area contributed by atoms with E-state index < -0.39 is 6.09 Å². The third-order valence-electron chi connectivity index (χ3n) is 6.55. The number of halogens is 1. The van der Waals surface area contributed by atoms with E-state index in [-0.39, 0.29) is 5.82 Å². The number of rotatable bonds is 5. The van der Waals surface area contributed by atoms with Crippen LogP contribution in [0.3, 0.4) is 0 Å². The Hall–Kier alpha value is -3.50. The fraction of sp³-hybridized carbons (Fsp3) is 0.375. The van der Waals surface area contributed by atoms with Crippen molar-refractivity contribution in [2.45, 2.75) is 13.0 Å². The Balaban J connectivity index is 1.35. The standard InChI is InChI=1S/C24H28FN7O2/c1-30-8-10-31(11-9-30)14-17-12-18(2-3-20(17)25)28-22-19-13-21(29-23(19)27-15-26-22)16-4-6-32(7-5-16)24(33)34/h2-4,12-13,15H,5-11,14H2,1H3,(H,33,34)(H2,26,27,28,29). The molecule has 0 saturated carbocycles. The van der Waals surface area contributed by atoms with E-state index in [1.54, 1.807) is 6.07 Å². The first kappa shape index (κ1) is 22.3. The molecule has 2 aliphatic heterocycles. The number of benzene rings is 1. The molecule has 2 aliphatic rings. The second-order valence-electron chi connectivity index (χ2n) is 8.89. The quantitative estimate of drug-likeness (QED) is 0.531. The molecule has 178 valence electrons. The third kappa shape index (κ3) is 4.73. The number of aromatic amines is 1. The van der Waals surface area contributed by atoms with E-state index in [0.717, 1.165) is 48.5 Å². The molecule has 5 rings (SSSR count). The number of piperazine rings is 1. The van der Waals surface area contributed by atoms with Gasteiger partial charge >= 0.3 is 6.09 Å². The molecular formula is C24H28FN7O2. The smallest absolute Gasteiger partial charge is 0.407 e. The van der Waals surface area contributed by atoms with E-state index in [4.69, 9.17) is 5.11 Å². The number of hydrogen-bond donors (Lipinski definition) is 3. The minimum atomic E-state index is -0.907. The molecule has 34 heavy (non-hydrogen) atoms. The van der Waals surface area contributed by atoms with Crippen molar-refractivity contribution in [2.24, 2.45) is 0 Å². The fourth-order valence-corrected chi connectivity index (χ4v) is 4.46. The zero-order valence-corrected chi connectivity index (χ0v) is 19.1. The number of carbonyl (C=O) groups is 1. The first-order chi connectivity index (χ1) is 16.5. The molecule has 3 N–H and O–H groups in total. The van der Waals surface area contributed by atoms with Gasteiger partial charge in [0, 0.05) is 62.8 Å². The van der Waals surface area contributed by atoms with Gasteiger partial charge in [0.15, 0.2) is 0 Å². The number of anilines is 2. The Morgan fingerprint density at radius 1 is 1.18 bits per heavy atom. The predicted molar refractivity (Wildman–Crippen MR) is 129 cm³/mol. The van der Waals surface area contributed by atoms with Gasteiger partial charge in [0.2, 0.25) is 0 Å². The van der Waals surface area contributed by atoms with Gasteiger partial charge in [-0.25, -0.2) is 19.2 Å².